The van der Waals surface area contributed by atoms with Gasteiger partial charge in [-0.3, -0.25) is 9.59 Å². The summed E-state index contributed by atoms with van der Waals surface area (Å²) in [7, 11) is 0. The molecule has 2 rings (SSSR count). The van der Waals surface area contributed by atoms with Gasteiger partial charge in [0.15, 0.2) is 0 Å². The molecule has 0 aliphatic rings. The van der Waals surface area contributed by atoms with Crippen LogP contribution in [-0.2, 0) is 16.0 Å². The second-order valence-electron chi connectivity index (χ2n) is 5.40. The van der Waals surface area contributed by atoms with Crippen molar-refractivity contribution in [2.24, 2.45) is 0 Å². The third-order valence-electron chi connectivity index (χ3n) is 3.49. The summed E-state index contributed by atoms with van der Waals surface area (Å²) >= 11 is 1.05. The van der Waals surface area contributed by atoms with Gasteiger partial charge in [0.05, 0.1) is 0 Å². The van der Waals surface area contributed by atoms with Gasteiger partial charge in [-0.15, -0.1) is 0 Å². The Morgan fingerprint density at radius 1 is 0.960 bits per heavy atom. The standard InChI is InChI=1S/C19H19NO4S/c21-17(11-12-25-19(24)15-9-5-2-6-10-15)20-16(18(22)23)13-14-7-3-1-4-8-14/h1-10,16H,11-13H2,(H,20,21)(H,22,23)/t16-/m0/s1. The zero-order valence-corrected chi connectivity index (χ0v) is 14.4. The van der Waals surface area contributed by atoms with E-state index in [-0.39, 0.29) is 23.9 Å². The maximum atomic E-state index is 12.0. The number of carboxylic acids is 1. The van der Waals surface area contributed by atoms with Crippen LogP contribution in [0.4, 0.5) is 0 Å². The zero-order valence-electron chi connectivity index (χ0n) is 13.6. The highest BCUT2D eigenvalue weighted by Gasteiger charge is 2.20. The topological polar surface area (TPSA) is 83.5 Å². The van der Waals surface area contributed by atoms with E-state index in [2.05, 4.69) is 5.32 Å². The summed E-state index contributed by atoms with van der Waals surface area (Å²) in [4.78, 5) is 35.2. The molecule has 0 saturated carbocycles. The summed E-state index contributed by atoms with van der Waals surface area (Å²) in [5, 5.41) is 11.7. The molecule has 130 valence electrons. The Balaban J connectivity index is 1.79. The summed E-state index contributed by atoms with van der Waals surface area (Å²) < 4.78 is 0. The van der Waals surface area contributed by atoms with Gasteiger partial charge in [0.1, 0.15) is 6.04 Å². The van der Waals surface area contributed by atoms with Crippen molar-refractivity contribution < 1.29 is 19.5 Å². The molecule has 0 unspecified atom stereocenters. The Labute approximate surface area is 150 Å². The first-order valence-electron chi connectivity index (χ1n) is 7.84. The fourth-order valence-electron chi connectivity index (χ4n) is 2.21. The third-order valence-corrected chi connectivity index (χ3v) is 4.39. The minimum atomic E-state index is -1.08. The number of amides is 1. The van der Waals surface area contributed by atoms with Crippen LogP contribution in [0.5, 0.6) is 0 Å². The highest BCUT2D eigenvalue weighted by molar-refractivity contribution is 8.14. The van der Waals surface area contributed by atoms with Crippen molar-refractivity contribution in [3.8, 4) is 0 Å². The zero-order chi connectivity index (χ0) is 18.1. The molecule has 0 bridgehead atoms. The largest absolute Gasteiger partial charge is 0.480 e. The predicted molar refractivity (Wildman–Crippen MR) is 97.6 cm³/mol. The Kier molecular flexibility index (Phi) is 7.22. The van der Waals surface area contributed by atoms with Gasteiger partial charge in [0, 0.05) is 24.2 Å². The number of aliphatic carboxylic acids is 1. The second-order valence-corrected chi connectivity index (χ2v) is 6.47. The lowest BCUT2D eigenvalue weighted by Gasteiger charge is -2.14. The smallest absolute Gasteiger partial charge is 0.326 e. The molecule has 0 aliphatic heterocycles. The van der Waals surface area contributed by atoms with Crippen LogP contribution in [0.2, 0.25) is 0 Å². The SMILES string of the molecule is O=C(CCSC(=O)c1ccccc1)N[C@@H](Cc1ccccc1)C(=O)O. The molecule has 0 aliphatic carbocycles. The van der Waals surface area contributed by atoms with Crippen LogP contribution in [0.3, 0.4) is 0 Å². The van der Waals surface area contributed by atoms with Crippen LogP contribution in [0, 0.1) is 0 Å². The molecule has 2 aromatic rings. The summed E-state index contributed by atoms with van der Waals surface area (Å²) in [6, 6.07) is 17.0. The molecule has 0 aromatic heterocycles. The molecule has 5 nitrogen and oxygen atoms in total. The number of rotatable bonds is 8. The van der Waals surface area contributed by atoms with E-state index in [0.717, 1.165) is 17.3 Å². The number of nitrogens with one attached hydrogen (secondary N) is 1. The number of hydrogen-bond acceptors (Lipinski definition) is 4. The Morgan fingerprint density at radius 3 is 2.16 bits per heavy atom. The van der Waals surface area contributed by atoms with E-state index in [1.807, 2.05) is 36.4 Å². The first kappa shape index (κ1) is 18.7. The van der Waals surface area contributed by atoms with Crippen molar-refractivity contribution in [3.63, 3.8) is 0 Å². The number of hydrogen-bond donors (Lipinski definition) is 2. The number of carbonyl (C=O) groups excluding carboxylic acids is 2. The van der Waals surface area contributed by atoms with E-state index >= 15 is 0 Å². The molecule has 2 aromatic carbocycles. The number of thioether (sulfide) groups is 1. The molecular weight excluding hydrogens is 338 g/mol. The molecule has 0 heterocycles. The van der Waals surface area contributed by atoms with Crippen molar-refractivity contribution in [2.45, 2.75) is 18.9 Å². The molecule has 1 atom stereocenters. The summed E-state index contributed by atoms with van der Waals surface area (Å²) in [6.07, 6.45) is 0.305. The number of benzene rings is 2. The van der Waals surface area contributed by atoms with E-state index in [1.165, 1.54) is 0 Å². The molecule has 0 saturated heterocycles. The Morgan fingerprint density at radius 2 is 1.56 bits per heavy atom. The highest BCUT2D eigenvalue weighted by Crippen LogP contribution is 2.13. The second kappa shape index (κ2) is 9.64. The van der Waals surface area contributed by atoms with Crippen LogP contribution in [0.25, 0.3) is 0 Å². The van der Waals surface area contributed by atoms with Crippen LogP contribution in [0.15, 0.2) is 60.7 Å². The lowest BCUT2D eigenvalue weighted by molar-refractivity contribution is -0.141. The van der Waals surface area contributed by atoms with Gasteiger partial charge in [0.25, 0.3) is 0 Å². The molecule has 0 radical (unpaired) electrons. The van der Waals surface area contributed by atoms with Gasteiger partial charge in [-0.05, 0) is 5.56 Å². The van der Waals surface area contributed by atoms with Crippen LogP contribution < -0.4 is 5.32 Å². The lowest BCUT2D eigenvalue weighted by Crippen LogP contribution is -2.42. The fraction of sp³-hybridized carbons (Fsp3) is 0.211. The summed E-state index contributed by atoms with van der Waals surface area (Å²) in [6.45, 7) is 0. The minimum absolute atomic E-state index is 0.0851. The van der Waals surface area contributed by atoms with Crippen molar-refractivity contribution in [1.29, 1.82) is 0 Å². The summed E-state index contributed by atoms with van der Waals surface area (Å²) in [5.41, 5.74) is 1.42. The van der Waals surface area contributed by atoms with Crippen LogP contribution in [0.1, 0.15) is 22.3 Å². The van der Waals surface area contributed by atoms with E-state index < -0.39 is 12.0 Å². The first-order chi connectivity index (χ1) is 12.1. The fourth-order valence-corrected chi connectivity index (χ4v) is 2.99. The van der Waals surface area contributed by atoms with Crippen molar-refractivity contribution in [2.75, 3.05) is 5.75 Å². The van der Waals surface area contributed by atoms with E-state index in [9.17, 15) is 19.5 Å². The van der Waals surface area contributed by atoms with Gasteiger partial charge in [0.2, 0.25) is 11.0 Å². The molecule has 6 heteroatoms. The Bertz CT molecular complexity index is 719. The van der Waals surface area contributed by atoms with E-state index in [1.54, 1.807) is 24.3 Å². The molecular formula is C19H19NO4S. The molecule has 1 amide bonds. The van der Waals surface area contributed by atoms with Crippen molar-refractivity contribution in [3.05, 3.63) is 71.8 Å². The first-order valence-corrected chi connectivity index (χ1v) is 8.83. The predicted octanol–water partition coefficient (Wildman–Crippen LogP) is 2.76. The summed E-state index contributed by atoms with van der Waals surface area (Å²) in [5.74, 6) is -1.15. The van der Waals surface area contributed by atoms with Gasteiger partial charge in [-0.1, -0.05) is 72.4 Å². The van der Waals surface area contributed by atoms with E-state index in [4.69, 9.17) is 0 Å². The minimum Gasteiger partial charge on any atom is -0.480 e. The van der Waals surface area contributed by atoms with Gasteiger partial charge >= 0.3 is 5.97 Å². The molecule has 0 spiro atoms. The number of carboxylic acid groups (broad SMARTS) is 1. The number of carbonyl (C=O) groups is 3. The van der Waals surface area contributed by atoms with Gasteiger partial charge < -0.3 is 10.4 Å². The van der Waals surface area contributed by atoms with Crippen molar-refractivity contribution >= 4 is 28.8 Å². The molecule has 0 fully saturated rings. The molecule has 25 heavy (non-hydrogen) atoms. The van der Waals surface area contributed by atoms with Crippen molar-refractivity contribution in [1.82, 2.24) is 5.32 Å². The average Bonchev–Trinajstić information content (AvgIpc) is 2.62. The lowest BCUT2D eigenvalue weighted by atomic mass is 10.1. The Hall–Kier alpha value is -2.60. The maximum Gasteiger partial charge on any atom is 0.326 e. The van der Waals surface area contributed by atoms with Crippen LogP contribution in [-0.4, -0.2) is 33.9 Å². The van der Waals surface area contributed by atoms with Crippen LogP contribution >= 0.6 is 11.8 Å². The molecule has 2 N–H and O–H groups in total. The van der Waals surface area contributed by atoms with Gasteiger partial charge in [-0.25, -0.2) is 4.79 Å². The average molecular weight is 357 g/mol. The maximum absolute atomic E-state index is 12.0. The van der Waals surface area contributed by atoms with Gasteiger partial charge in [-0.2, -0.15) is 0 Å². The normalized spacial score (nSPS) is 11.5. The third kappa shape index (κ3) is 6.43. The monoisotopic (exact) mass is 357 g/mol. The quantitative estimate of drug-likeness (QED) is 0.759. The van der Waals surface area contributed by atoms with E-state index in [0.29, 0.717) is 11.3 Å². The highest BCUT2D eigenvalue weighted by atomic mass is 32.2.